The Labute approximate surface area is 141 Å². The highest BCUT2D eigenvalue weighted by molar-refractivity contribution is 5.76. The van der Waals surface area contributed by atoms with Crippen molar-refractivity contribution in [3.05, 3.63) is 89.0 Å². The number of halogens is 2. The SMILES string of the molecule is Cc1ccc(N(c2ccc(C)cc2)c2cc(F)c(C)c(F)c2)cc1. The van der Waals surface area contributed by atoms with Gasteiger partial charge in [0.05, 0.1) is 5.69 Å². The van der Waals surface area contributed by atoms with E-state index in [0.29, 0.717) is 5.69 Å². The molecular weight excluding hydrogens is 304 g/mol. The molecule has 0 aromatic heterocycles. The van der Waals surface area contributed by atoms with Gasteiger partial charge in [-0.25, -0.2) is 8.78 Å². The van der Waals surface area contributed by atoms with Crippen molar-refractivity contribution in [2.75, 3.05) is 4.90 Å². The number of hydrogen-bond donors (Lipinski definition) is 0. The van der Waals surface area contributed by atoms with Crippen LogP contribution in [-0.4, -0.2) is 0 Å². The molecule has 122 valence electrons. The van der Waals surface area contributed by atoms with Gasteiger partial charge in [-0.05, 0) is 57.2 Å². The maximum absolute atomic E-state index is 14.1. The van der Waals surface area contributed by atoms with E-state index >= 15 is 0 Å². The summed E-state index contributed by atoms with van der Waals surface area (Å²) in [6.45, 7) is 5.45. The molecule has 0 aliphatic carbocycles. The molecule has 24 heavy (non-hydrogen) atoms. The van der Waals surface area contributed by atoms with E-state index in [0.717, 1.165) is 22.5 Å². The molecule has 3 rings (SSSR count). The highest BCUT2D eigenvalue weighted by Crippen LogP contribution is 2.36. The number of nitrogens with zero attached hydrogens (tertiary/aromatic N) is 1. The van der Waals surface area contributed by atoms with E-state index in [-0.39, 0.29) is 5.56 Å². The lowest BCUT2D eigenvalue weighted by Crippen LogP contribution is -2.11. The number of benzene rings is 3. The van der Waals surface area contributed by atoms with Crippen LogP contribution in [0.1, 0.15) is 16.7 Å². The minimum atomic E-state index is -0.547. The van der Waals surface area contributed by atoms with Gasteiger partial charge < -0.3 is 4.90 Å². The van der Waals surface area contributed by atoms with Crippen LogP contribution in [-0.2, 0) is 0 Å². The standard InChI is InChI=1S/C21H19F2N/c1-14-4-8-17(9-5-14)24(18-10-6-15(2)7-11-18)19-12-20(22)16(3)21(23)13-19/h4-13H,1-3H3. The molecule has 0 unspecified atom stereocenters. The maximum atomic E-state index is 14.1. The third kappa shape index (κ3) is 3.16. The van der Waals surface area contributed by atoms with E-state index in [2.05, 4.69) is 0 Å². The van der Waals surface area contributed by atoms with Gasteiger partial charge in [-0.15, -0.1) is 0 Å². The molecule has 0 aliphatic heterocycles. The fourth-order valence-corrected chi connectivity index (χ4v) is 2.60. The quantitative estimate of drug-likeness (QED) is 0.542. The Bertz CT molecular complexity index is 784. The van der Waals surface area contributed by atoms with Gasteiger partial charge in [0.25, 0.3) is 0 Å². The number of aryl methyl sites for hydroxylation is 2. The van der Waals surface area contributed by atoms with Gasteiger partial charge in [0.2, 0.25) is 0 Å². The molecule has 0 aliphatic rings. The average Bonchev–Trinajstić information content (AvgIpc) is 2.56. The van der Waals surface area contributed by atoms with Gasteiger partial charge in [0.15, 0.2) is 0 Å². The molecule has 1 nitrogen and oxygen atoms in total. The molecule has 0 saturated heterocycles. The summed E-state index contributed by atoms with van der Waals surface area (Å²) >= 11 is 0. The van der Waals surface area contributed by atoms with Gasteiger partial charge >= 0.3 is 0 Å². The molecule has 0 radical (unpaired) electrons. The van der Waals surface area contributed by atoms with Crippen molar-refractivity contribution >= 4 is 17.1 Å². The van der Waals surface area contributed by atoms with Crippen molar-refractivity contribution in [2.45, 2.75) is 20.8 Å². The van der Waals surface area contributed by atoms with Crippen molar-refractivity contribution in [1.82, 2.24) is 0 Å². The van der Waals surface area contributed by atoms with Crippen molar-refractivity contribution in [1.29, 1.82) is 0 Å². The van der Waals surface area contributed by atoms with E-state index < -0.39 is 11.6 Å². The molecule has 0 N–H and O–H groups in total. The smallest absolute Gasteiger partial charge is 0.131 e. The van der Waals surface area contributed by atoms with Crippen LogP contribution in [0.15, 0.2) is 60.7 Å². The predicted octanol–water partition coefficient (Wildman–Crippen LogP) is 6.36. The summed E-state index contributed by atoms with van der Waals surface area (Å²) in [6.07, 6.45) is 0. The highest BCUT2D eigenvalue weighted by atomic mass is 19.1. The zero-order valence-corrected chi connectivity index (χ0v) is 14.0. The molecule has 0 saturated carbocycles. The molecule has 0 fully saturated rings. The second-order valence-corrected chi connectivity index (χ2v) is 6.04. The Morgan fingerprint density at radius 3 is 1.33 bits per heavy atom. The molecule has 0 amide bonds. The van der Waals surface area contributed by atoms with Crippen molar-refractivity contribution in [3.8, 4) is 0 Å². The fourth-order valence-electron chi connectivity index (χ4n) is 2.60. The maximum Gasteiger partial charge on any atom is 0.131 e. The Balaban J connectivity index is 2.18. The van der Waals surface area contributed by atoms with Crippen LogP contribution < -0.4 is 4.90 Å². The van der Waals surface area contributed by atoms with Crippen LogP contribution in [0.2, 0.25) is 0 Å². The zero-order valence-electron chi connectivity index (χ0n) is 14.0. The second-order valence-electron chi connectivity index (χ2n) is 6.04. The van der Waals surface area contributed by atoms with E-state index in [4.69, 9.17) is 0 Å². The van der Waals surface area contributed by atoms with Gasteiger partial charge in [0, 0.05) is 16.9 Å². The number of anilines is 3. The van der Waals surface area contributed by atoms with Crippen LogP contribution in [0.4, 0.5) is 25.8 Å². The van der Waals surface area contributed by atoms with E-state index in [1.807, 2.05) is 67.3 Å². The summed E-state index contributed by atoms with van der Waals surface area (Å²) in [7, 11) is 0. The monoisotopic (exact) mass is 323 g/mol. The van der Waals surface area contributed by atoms with E-state index in [1.54, 1.807) is 0 Å². The minimum absolute atomic E-state index is 0.0338. The Morgan fingerprint density at radius 2 is 0.958 bits per heavy atom. The molecule has 0 bridgehead atoms. The predicted molar refractivity (Wildman–Crippen MR) is 95.3 cm³/mol. The van der Waals surface area contributed by atoms with E-state index in [1.165, 1.54) is 19.1 Å². The van der Waals surface area contributed by atoms with Gasteiger partial charge in [-0.3, -0.25) is 0 Å². The summed E-state index contributed by atoms with van der Waals surface area (Å²) in [4.78, 5) is 1.85. The lowest BCUT2D eigenvalue weighted by molar-refractivity contribution is 0.568. The molecule has 3 aromatic carbocycles. The van der Waals surface area contributed by atoms with Crippen LogP contribution in [0, 0.1) is 32.4 Å². The summed E-state index contributed by atoms with van der Waals surface area (Å²) in [5.41, 5.74) is 4.46. The van der Waals surface area contributed by atoms with Crippen LogP contribution in [0.5, 0.6) is 0 Å². The van der Waals surface area contributed by atoms with Gasteiger partial charge in [-0.2, -0.15) is 0 Å². The van der Waals surface area contributed by atoms with Crippen molar-refractivity contribution < 1.29 is 8.78 Å². The average molecular weight is 323 g/mol. The summed E-state index contributed by atoms with van der Waals surface area (Å²) in [5, 5.41) is 0. The largest absolute Gasteiger partial charge is 0.310 e. The Hall–Kier alpha value is -2.68. The van der Waals surface area contributed by atoms with Gasteiger partial charge in [-0.1, -0.05) is 35.4 Å². The first-order chi connectivity index (χ1) is 11.5. The highest BCUT2D eigenvalue weighted by Gasteiger charge is 2.16. The van der Waals surface area contributed by atoms with Crippen LogP contribution >= 0.6 is 0 Å². The lowest BCUT2D eigenvalue weighted by atomic mass is 10.1. The summed E-state index contributed by atoms with van der Waals surface area (Å²) in [6, 6.07) is 18.5. The molecule has 0 heterocycles. The lowest BCUT2D eigenvalue weighted by Gasteiger charge is -2.26. The van der Waals surface area contributed by atoms with Crippen molar-refractivity contribution in [2.24, 2.45) is 0 Å². The first-order valence-electron chi connectivity index (χ1n) is 7.85. The molecule has 0 spiro atoms. The third-order valence-electron chi connectivity index (χ3n) is 4.11. The summed E-state index contributed by atoms with van der Waals surface area (Å²) < 4.78 is 28.2. The number of rotatable bonds is 3. The normalized spacial score (nSPS) is 10.7. The molecule has 3 heteroatoms. The topological polar surface area (TPSA) is 3.24 Å². The first-order valence-corrected chi connectivity index (χ1v) is 7.85. The Kier molecular flexibility index (Phi) is 4.34. The molecule has 0 atom stereocenters. The third-order valence-corrected chi connectivity index (χ3v) is 4.11. The summed E-state index contributed by atoms with van der Waals surface area (Å²) in [5.74, 6) is -1.09. The zero-order chi connectivity index (χ0) is 17.3. The van der Waals surface area contributed by atoms with E-state index in [9.17, 15) is 8.78 Å². The number of hydrogen-bond acceptors (Lipinski definition) is 1. The van der Waals surface area contributed by atoms with Gasteiger partial charge in [0.1, 0.15) is 11.6 Å². The minimum Gasteiger partial charge on any atom is -0.310 e. The molecular formula is C21H19F2N. The Morgan fingerprint density at radius 1 is 0.583 bits per heavy atom. The van der Waals surface area contributed by atoms with Crippen LogP contribution in [0.3, 0.4) is 0 Å². The van der Waals surface area contributed by atoms with Crippen molar-refractivity contribution in [3.63, 3.8) is 0 Å². The van der Waals surface area contributed by atoms with Crippen LogP contribution in [0.25, 0.3) is 0 Å². The first kappa shape index (κ1) is 16.2. The second kappa shape index (κ2) is 6.44. The fraction of sp³-hybridized carbons (Fsp3) is 0.143. The molecule has 3 aromatic rings.